The summed E-state index contributed by atoms with van der Waals surface area (Å²) >= 11 is 0. The zero-order valence-corrected chi connectivity index (χ0v) is 27.1. The number of ether oxygens (including phenoxy) is 3. The Bertz CT molecular complexity index is 865. The molecule has 0 spiro atoms. The molecule has 4 fully saturated rings. The molecular weight excluding hydrogens is 522 g/mol. The molecule has 0 aromatic heterocycles. The van der Waals surface area contributed by atoms with Gasteiger partial charge in [-0.1, -0.05) is 0 Å². The van der Waals surface area contributed by atoms with E-state index < -0.39 is 27.8 Å². The van der Waals surface area contributed by atoms with Crippen LogP contribution in [0, 0.1) is 23.2 Å². The molecule has 4 bridgehead atoms. The lowest BCUT2D eigenvalue weighted by molar-refractivity contribution is -0.158. The Morgan fingerprint density at radius 2 is 0.878 bits per heavy atom. The van der Waals surface area contributed by atoms with Crippen LogP contribution in [0.1, 0.15) is 139 Å². The number of hydrogen-bond donors (Lipinski definition) is 1. The highest BCUT2D eigenvalue weighted by atomic mass is 16.6. The van der Waals surface area contributed by atoms with Crippen LogP contribution in [0.15, 0.2) is 0 Å². The second kappa shape index (κ2) is 12.2. The lowest BCUT2D eigenvalue weighted by atomic mass is 9.49. The van der Waals surface area contributed by atoms with E-state index in [1.807, 2.05) is 62.3 Å². The van der Waals surface area contributed by atoms with Crippen LogP contribution in [0.4, 0.5) is 0 Å². The third kappa shape index (κ3) is 10.3. The van der Waals surface area contributed by atoms with Crippen molar-refractivity contribution < 1.29 is 33.4 Å². The second-order valence-corrected chi connectivity index (χ2v) is 16.2. The molecule has 0 saturated heterocycles. The van der Waals surface area contributed by atoms with Crippen LogP contribution in [0.5, 0.6) is 0 Å². The van der Waals surface area contributed by atoms with Crippen LogP contribution in [0.3, 0.4) is 0 Å². The Hall–Kier alpha value is -2.12. The highest BCUT2D eigenvalue weighted by Crippen LogP contribution is 2.60. The first-order chi connectivity index (χ1) is 18.7. The predicted octanol–water partition coefficient (Wildman–Crippen LogP) is 6.42. The normalized spacial score (nSPS) is 25.9. The number of rotatable bonds is 11. The number of amides is 1. The van der Waals surface area contributed by atoms with Crippen LogP contribution in [0.25, 0.3) is 0 Å². The van der Waals surface area contributed by atoms with Gasteiger partial charge in [-0.15, -0.1) is 0 Å². The van der Waals surface area contributed by atoms with Crippen molar-refractivity contribution in [1.82, 2.24) is 5.32 Å². The predicted molar refractivity (Wildman–Crippen MR) is 157 cm³/mol. The highest BCUT2D eigenvalue weighted by Gasteiger charge is 2.55. The molecule has 8 nitrogen and oxygen atoms in total. The topological polar surface area (TPSA) is 108 Å². The van der Waals surface area contributed by atoms with Crippen molar-refractivity contribution in [2.75, 3.05) is 0 Å². The standard InChI is InChI=1S/C33H55NO7/c1-29(2,3)39-25(35)10-13-33(14-11-26(36)40-30(4,5)6,15-12-27(37)41-31(7,8)9)34-28(38)32-19-22-16-23(20-32)18-24(17-22)21-32/h22-24H,10-21H2,1-9H3,(H,34,38). The summed E-state index contributed by atoms with van der Waals surface area (Å²) in [4.78, 5) is 52.8. The average molecular weight is 578 g/mol. The Morgan fingerprint density at radius 1 is 0.585 bits per heavy atom. The molecule has 0 aliphatic heterocycles. The molecule has 0 heterocycles. The van der Waals surface area contributed by atoms with Gasteiger partial charge in [-0.2, -0.15) is 0 Å². The maximum absolute atomic E-state index is 14.3. The maximum atomic E-state index is 14.3. The van der Waals surface area contributed by atoms with Crippen LogP contribution in [-0.4, -0.2) is 46.2 Å². The molecule has 0 atom stereocenters. The van der Waals surface area contributed by atoms with Crippen molar-refractivity contribution in [2.24, 2.45) is 23.2 Å². The number of nitrogens with one attached hydrogen (secondary N) is 1. The van der Waals surface area contributed by atoms with Crippen molar-refractivity contribution in [3.05, 3.63) is 0 Å². The molecule has 41 heavy (non-hydrogen) atoms. The van der Waals surface area contributed by atoms with Gasteiger partial charge in [0.05, 0.1) is 0 Å². The summed E-state index contributed by atoms with van der Waals surface area (Å²) in [6, 6.07) is 0. The van der Waals surface area contributed by atoms with Gasteiger partial charge in [0, 0.05) is 30.2 Å². The fourth-order valence-electron chi connectivity index (χ4n) is 7.53. The molecule has 1 amide bonds. The molecule has 4 saturated carbocycles. The Kier molecular flexibility index (Phi) is 9.97. The lowest BCUT2D eigenvalue weighted by Crippen LogP contribution is -2.59. The lowest BCUT2D eigenvalue weighted by Gasteiger charge is -2.56. The summed E-state index contributed by atoms with van der Waals surface area (Å²) < 4.78 is 16.8. The van der Waals surface area contributed by atoms with Crippen molar-refractivity contribution in [2.45, 2.75) is 162 Å². The van der Waals surface area contributed by atoms with Crippen LogP contribution < -0.4 is 5.32 Å². The van der Waals surface area contributed by atoms with E-state index in [0.29, 0.717) is 17.8 Å². The van der Waals surface area contributed by atoms with E-state index >= 15 is 0 Å². The maximum Gasteiger partial charge on any atom is 0.306 e. The minimum Gasteiger partial charge on any atom is -0.460 e. The summed E-state index contributed by atoms with van der Waals surface area (Å²) in [6.07, 6.45) is 7.27. The molecule has 0 aromatic carbocycles. The second-order valence-electron chi connectivity index (χ2n) is 16.2. The smallest absolute Gasteiger partial charge is 0.306 e. The zero-order chi connectivity index (χ0) is 30.9. The highest BCUT2D eigenvalue weighted by molar-refractivity contribution is 5.84. The fraction of sp³-hybridized carbons (Fsp3) is 0.879. The van der Waals surface area contributed by atoms with E-state index in [9.17, 15) is 19.2 Å². The molecule has 8 heteroatoms. The minimum absolute atomic E-state index is 0.00849. The van der Waals surface area contributed by atoms with Gasteiger partial charge in [0.1, 0.15) is 16.8 Å². The first-order valence-corrected chi connectivity index (χ1v) is 15.6. The largest absolute Gasteiger partial charge is 0.460 e. The quantitative estimate of drug-likeness (QED) is 0.223. The molecular formula is C33H55NO7. The van der Waals surface area contributed by atoms with Gasteiger partial charge in [0.2, 0.25) is 5.91 Å². The van der Waals surface area contributed by atoms with Gasteiger partial charge in [0.15, 0.2) is 0 Å². The molecule has 234 valence electrons. The number of carbonyl (C=O) groups excluding carboxylic acids is 4. The van der Waals surface area contributed by atoms with E-state index in [2.05, 4.69) is 5.32 Å². The SMILES string of the molecule is CC(C)(C)OC(=O)CCC(CCC(=O)OC(C)(C)C)(CCC(=O)OC(C)(C)C)NC(=O)C12CC3CC(CC(C3)C1)C2. The summed E-state index contributed by atoms with van der Waals surface area (Å²) in [6.45, 7) is 16.4. The third-order valence-corrected chi connectivity index (χ3v) is 8.58. The number of hydrogen-bond acceptors (Lipinski definition) is 7. The third-order valence-electron chi connectivity index (χ3n) is 8.58. The zero-order valence-electron chi connectivity index (χ0n) is 27.1. The van der Waals surface area contributed by atoms with E-state index in [0.717, 1.165) is 19.3 Å². The van der Waals surface area contributed by atoms with Crippen molar-refractivity contribution in [3.63, 3.8) is 0 Å². The average Bonchev–Trinajstić information content (AvgIpc) is 2.75. The van der Waals surface area contributed by atoms with Gasteiger partial charge in [-0.25, -0.2) is 0 Å². The summed E-state index contributed by atoms with van der Waals surface area (Å²) in [5, 5.41) is 3.38. The van der Waals surface area contributed by atoms with Crippen molar-refractivity contribution >= 4 is 23.8 Å². The fourth-order valence-corrected chi connectivity index (χ4v) is 7.53. The van der Waals surface area contributed by atoms with Crippen LogP contribution in [0.2, 0.25) is 0 Å². The summed E-state index contributed by atoms with van der Waals surface area (Å²) in [7, 11) is 0. The molecule has 4 rings (SSSR count). The number of carbonyl (C=O) groups is 4. The van der Waals surface area contributed by atoms with E-state index in [1.165, 1.54) is 19.3 Å². The Morgan fingerprint density at radius 3 is 1.15 bits per heavy atom. The van der Waals surface area contributed by atoms with E-state index in [-0.39, 0.29) is 62.3 Å². The monoisotopic (exact) mass is 577 g/mol. The molecule has 0 unspecified atom stereocenters. The van der Waals surface area contributed by atoms with Crippen molar-refractivity contribution in [3.8, 4) is 0 Å². The molecule has 0 aromatic rings. The molecule has 0 radical (unpaired) electrons. The molecule has 1 N–H and O–H groups in total. The van der Waals surface area contributed by atoms with Gasteiger partial charge in [-0.3, -0.25) is 19.2 Å². The van der Waals surface area contributed by atoms with Crippen molar-refractivity contribution in [1.29, 1.82) is 0 Å². The molecule has 4 aliphatic rings. The van der Waals surface area contributed by atoms with Gasteiger partial charge < -0.3 is 19.5 Å². The number of esters is 3. The Labute approximate surface area is 247 Å². The van der Waals surface area contributed by atoms with Crippen LogP contribution >= 0.6 is 0 Å². The van der Waals surface area contributed by atoms with Gasteiger partial charge in [0.25, 0.3) is 0 Å². The Balaban J connectivity index is 1.87. The molecule has 4 aliphatic carbocycles. The summed E-state index contributed by atoms with van der Waals surface area (Å²) in [5.41, 5.74) is -3.31. The van der Waals surface area contributed by atoms with Gasteiger partial charge >= 0.3 is 17.9 Å². The minimum atomic E-state index is -0.967. The first-order valence-electron chi connectivity index (χ1n) is 15.6. The van der Waals surface area contributed by atoms with E-state index in [1.54, 1.807) is 0 Å². The summed E-state index contributed by atoms with van der Waals surface area (Å²) in [5.74, 6) is 0.653. The van der Waals surface area contributed by atoms with Crippen LogP contribution in [-0.2, 0) is 33.4 Å². The van der Waals surface area contributed by atoms with Gasteiger partial charge in [-0.05, 0) is 138 Å². The first kappa shape index (κ1) is 33.4. The van der Waals surface area contributed by atoms with E-state index in [4.69, 9.17) is 14.2 Å².